The maximum atomic E-state index is 14.8. The van der Waals surface area contributed by atoms with Crippen molar-refractivity contribution in [2.24, 2.45) is 0 Å². The monoisotopic (exact) mass is 448 g/mol. The van der Waals surface area contributed by atoms with Crippen LogP contribution in [0.5, 0.6) is 0 Å². The lowest BCUT2D eigenvalue weighted by Crippen LogP contribution is -2.34. The third kappa shape index (κ3) is 5.91. The maximum Gasteiger partial charge on any atom is 0.254 e. The fourth-order valence-electron chi connectivity index (χ4n) is 3.77. The maximum absolute atomic E-state index is 14.8. The largest absolute Gasteiger partial charge is 0.364 e. The van der Waals surface area contributed by atoms with Crippen LogP contribution in [0.25, 0.3) is 0 Å². The molecule has 1 N–H and O–H groups in total. The second-order valence-electron chi connectivity index (χ2n) is 7.81. The van der Waals surface area contributed by atoms with Crippen LogP contribution >= 0.6 is 0 Å². The number of halogens is 2. The lowest BCUT2D eigenvalue weighted by atomic mass is 9.94. The summed E-state index contributed by atoms with van der Waals surface area (Å²) in [6.07, 6.45) is 5.00. The Balaban J connectivity index is 1.80. The van der Waals surface area contributed by atoms with Gasteiger partial charge in [0.15, 0.2) is 9.84 Å². The first-order valence-corrected chi connectivity index (χ1v) is 12.1. The third-order valence-corrected chi connectivity index (χ3v) is 5.92. The molecule has 0 bridgehead atoms. The van der Waals surface area contributed by atoms with E-state index >= 15 is 0 Å². The quantitative estimate of drug-likeness (QED) is 0.713. The van der Waals surface area contributed by atoms with Crippen molar-refractivity contribution in [2.45, 2.75) is 38.3 Å². The fraction of sp³-hybridized carbons (Fsp3) is 0.348. The van der Waals surface area contributed by atoms with Gasteiger partial charge in [0.1, 0.15) is 11.6 Å². The molecule has 0 aromatic heterocycles. The van der Waals surface area contributed by atoms with Crippen LogP contribution in [0, 0.1) is 11.6 Å². The molecule has 0 aliphatic carbocycles. The summed E-state index contributed by atoms with van der Waals surface area (Å²) in [4.78, 5) is 14.4. The van der Waals surface area contributed by atoms with Crippen molar-refractivity contribution in [1.82, 2.24) is 5.32 Å². The first-order valence-electron chi connectivity index (χ1n) is 10.2. The summed E-state index contributed by atoms with van der Waals surface area (Å²) >= 11 is 0. The smallest absolute Gasteiger partial charge is 0.254 e. The van der Waals surface area contributed by atoms with E-state index in [9.17, 15) is 22.0 Å². The van der Waals surface area contributed by atoms with Gasteiger partial charge in [-0.25, -0.2) is 17.2 Å². The molecule has 2 aromatic carbocycles. The highest BCUT2D eigenvalue weighted by molar-refractivity contribution is 7.93. The summed E-state index contributed by atoms with van der Waals surface area (Å²) < 4.78 is 51.6. The highest BCUT2D eigenvalue weighted by Crippen LogP contribution is 2.36. The van der Waals surface area contributed by atoms with Gasteiger partial charge in [0.05, 0.1) is 11.6 Å². The standard InChI is InChI=1S/C23H26F2N2O3S/c1-16(12-14-31(2,29)30)26-23(28)19-11-10-17(15-21(19)25)27-13-6-5-9-22(27)18-7-3-4-8-20(18)24/h3-4,7-8,10-12,14-16,22H,5-6,9,13H2,1-2H3,(H,26,28)/b14-12+/t16-,22?/m1/s1. The molecule has 0 saturated carbocycles. The average Bonchev–Trinajstić information content (AvgIpc) is 2.72. The van der Waals surface area contributed by atoms with E-state index in [1.165, 1.54) is 24.3 Å². The fourth-order valence-corrected chi connectivity index (χ4v) is 4.29. The van der Waals surface area contributed by atoms with Crippen LogP contribution in [0.1, 0.15) is 48.1 Å². The molecule has 1 saturated heterocycles. The summed E-state index contributed by atoms with van der Waals surface area (Å²) in [6.45, 7) is 2.26. The second-order valence-corrected chi connectivity index (χ2v) is 9.74. The van der Waals surface area contributed by atoms with Gasteiger partial charge in [-0.15, -0.1) is 0 Å². The van der Waals surface area contributed by atoms with Crippen molar-refractivity contribution in [3.63, 3.8) is 0 Å². The molecule has 2 aromatic rings. The molecule has 31 heavy (non-hydrogen) atoms. The van der Waals surface area contributed by atoms with E-state index in [4.69, 9.17) is 0 Å². The Morgan fingerprint density at radius 2 is 1.90 bits per heavy atom. The molecule has 1 amide bonds. The minimum absolute atomic E-state index is 0.136. The van der Waals surface area contributed by atoms with Gasteiger partial charge in [-0.05, 0) is 50.5 Å². The Kier molecular flexibility index (Phi) is 7.10. The molecule has 8 heteroatoms. The van der Waals surface area contributed by atoms with Crippen LogP contribution in [0.15, 0.2) is 53.9 Å². The van der Waals surface area contributed by atoms with Gasteiger partial charge in [0.2, 0.25) is 0 Å². The minimum atomic E-state index is -3.32. The number of hydrogen-bond acceptors (Lipinski definition) is 4. The summed E-state index contributed by atoms with van der Waals surface area (Å²) in [7, 11) is -3.32. The van der Waals surface area contributed by atoms with Crippen molar-refractivity contribution in [1.29, 1.82) is 0 Å². The molecule has 1 heterocycles. The zero-order valence-corrected chi connectivity index (χ0v) is 18.3. The van der Waals surface area contributed by atoms with Crippen molar-refractivity contribution in [2.75, 3.05) is 17.7 Å². The van der Waals surface area contributed by atoms with Crippen LogP contribution in [0.2, 0.25) is 0 Å². The van der Waals surface area contributed by atoms with Gasteiger partial charge >= 0.3 is 0 Å². The highest BCUT2D eigenvalue weighted by atomic mass is 32.2. The van der Waals surface area contributed by atoms with Crippen LogP contribution in [-0.2, 0) is 9.84 Å². The molecular formula is C23H26F2N2O3S. The predicted octanol–water partition coefficient (Wildman–Crippen LogP) is 4.37. The van der Waals surface area contributed by atoms with Gasteiger partial charge in [-0.1, -0.05) is 24.3 Å². The van der Waals surface area contributed by atoms with Crippen LogP contribution in [0.4, 0.5) is 14.5 Å². The van der Waals surface area contributed by atoms with Crippen LogP contribution in [0.3, 0.4) is 0 Å². The Morgan fingerprint density at radius 1 is 1.16 bits per heavy atom. The van der Waals surface area contributed by atoms with Crippen molar-refractivity contribution < 1.29 is 22.0 Å². The van der Waals surface area contributed by atoms with E-state index < -0.39 is 27.6 Å². The number of amides is 1. The zero-order valence-electron chi connectivity index (χ0n) is 17.5. The summed E-state index contributed by atoms with van der Waals surface area (Å²) in [5, 5.41) is 3.55. The first-order chi connectivity index (χ1) is 14.7. The number of anilines is 1. The molecule has 166 valence electrons. The van der Waals surface area contributed by atoms with Gasteiger partial charge in [0.25, 0.3) is 5.91 Å². The Hall–Kier alpha value is -2.74. The lowest BCUT2D eigenvalue weighted by Gasteiger charge is -2.38. The van der Waals surface area contributed by atoms with Gasteiger partial charge in [-0.3, -0.25) is 4.79 Å². The third-order valence-electron chi connectivity index (χ3n) is 5.27. The Morgan fingerprint density at radius 3 is 2.58 bits per heavy atom. The molecule has 2 atom stereocenters. The molecular weight excluding hydrogens is 422 g/mol. The van der Waals surface area contributed by atoms with Crippen molar-refractivity contribution in [3.05, 3.63) is 76.7 Å². The van der Waals surface area contributed by atoms with Crippen LogP contribution < -0.4 is 10.2 Å². The SMILES string of the molecule is C[C@H](/C=C/S(C)(=O)=O)NC(=O)c1ccc(N2CCCCC2c2ccccc2F)cc1F. The van der Waals surface area contributed by atoms with Crippen LogP contribution in [-0.4, -0.2) is 33.2 Å². The second kappa shape index (κ2) is 9.60. The predicted molar refractivity (Wildman–Crippen MR) is 118 cm³/mol. The number of sulfone groups is 1. The molecule has 1 fully saturated rings. The summed E-state index contributed by atoms with van der Waals surface area (Å²) in [5.74, 6) is -1.61. The van der Waals surface area contributed by atoms with Gasteiger partial charge < -0.3 is 10.2 Å². The Bertz CT molecular complexity index is 1090. The van der Waals surface area contributed by atoms with Gasteiger partial charge in [-0.2, -0.15) is 0 Å². The molecule has 5 nitrogen and oxygen atoms in total. The van der Waals surface area contributed by atoms with Gasteiger partial charge in [0, 0.05) is 35.5 Å². The molecule has 1 unspecified atom stereocenters. The first kappa shape index (κ1) is 22.9. The highest BCUT2D eigenvalue weighted by Gasteiger charge is 2.27. The van der Waals surface area contributed by atoms with E-state index in [0.717, 1.165) is 30.9 Å². The number of nitrogens with one attached hydrogen (secondary N) is 1. The number of carbonyl (C=O) groups is 1. The minimum Gasteiger partial charge on any atom is -0.364 e. The number of carbonyl (C=O) groups excluding carboxylic acids is 1. The number of benzene rings is 2. The zero-order chi connectivity index (χ0) is 22.6. The van der Waals surface area contributed by atoms with E-state index in [-0.39, 0.29) is 17.4 Å². The summed E-state index contributed by atoms with van der Waals surface area (Å²) in [5.41, 5.74) is 1.03. The van der Waals surface area contributed by atoms with E-state index in [0.29, 0.717) is 17.8 Å². The van der Waals surface area contributed by atoms with E-state index in [1.807, 2.05) is 4.90 Å². The Labute approximate surface area is 181 Å². The average molecular weight is 449 g/mol. The number of hydrogen-bond donors (Lipinski definition) is 1. The lowest BCUT2D eigenvalue weighted by molar-refractivity contribution is 0.0943. The number of nitrogens with zero attached hydrogens (tertiary/aromatic N) is 1. The molecule has 1 aliphatic rings. The molecule has 1 aliphatic heterocycles. The molecule has 0 radical (unpaired) electrons. The topological polar surface area (TPSA) is 66.5 Å². The molecule has 0 spiro atoms. The number of rotatable bonds is 6. The van der Waals surface area contributed by atoms with E-state index in [2.05, 4.69) is 5.32 Å². The normalized spacial score (nSPS) is 18.2. The van der Waals surface area contributed by atoms with Crippen molar-refractivity contribution in [3.8, 4) is 0 Å². The summed E-state index contributed by atoms with van der Waals surface area (Å²) in [6, 6.07) is 10.2. The number of piperidine rings is 1. The van der Waals surface area contributed by atoms with Crippen molar-refractivity contribution >= 4 is 21.4 Å². The molecule has 3 rings (SSSR count). The van der Waals surface area contributed by atoms with E-state index in [1.54, 1.807) is 31.2 Å².